The Kier molecular flexibility index (Phi) is 4.11. The molecule has 5 nitrogen and oxygen atoms in total. The summed E-state index contributed by atoms with van der Waals surface area (Å²) in [4.78, 5) is 8.54. The second-order valence-electron chi connectivity index (χ2n) is 5.53. The number of ether oxygens (including phenoxy) is 1. The molecule has 2 aromatic carbocycles. The number of anilines is 2. The summed E-state index contributed by atoms with van der Waals surface area (Å²) in [5.74, 6) is 0.773. The fourth-order valence-corrected chi connectivity index (χ4v) is 3.07. The number of nitrogens with one attached hydrogen (secondary N) is 1. The number of halogens is 1. The fourth-order valence-electron chi connectivity index (χ4n) is 2.72. The molecular formula is C19H15BrN4O. The maximum absolute atomic E-state index is 5.44. The molecule has 0 saturated carbocycles. The minimum absolute atomic E-state index is 0.773. The topological polar surface area (TPSA) is 52.0 Å². The summed E-state index contributed by atoms with van der Waals surface area (Å²) >= 11 is 3.49. The first-order valence-corrected chi connectivity index (χ1v) is 8.51. The minimum Gasteiger partial charge on any atom is -0.497 e. The Hall–Kier alpha value is -2.86. The third-order valence-corrected chi connectivity index (χ3v) is 4.41. The van der Waals surface area contributed by atoms with Crippen molar-refractivity contribution in [2.24, 2.45) is 0 Å². The van der Waals surface area contributed by atoms with Gasteiger partial charge >= 0.3 is 0 Å². The number of benzene rings is 2. The van der Waals surface area contributed by atoms with E-state index in [1.165, 1.54) is 0 Å². The number of hydrogen-bond acceptors (Lipinski definition) is 4. The van der Waals surface area contributed by atoms with Crippen molar-refractivity contribution >= 4 is 38.2 Å². The van der Waals surface area contributed by atoms with E-state index in [9.17, 15) is 0 Å². The minimum atomic E-state index is 0.773. The molecule has 0 bridgehead atoms. The van der Waals surface area contributed by atoms with Crippen LogP contribution >= 0.6 is 15.9 Å². The summed E-state index contributed by atoms with van der Waals surface area (Å²) in [6.45, 7) is 0. The molecule has 0 aliphatic heterocycles. The highest BCUT2D eigenvalue weighted by molar-refractivity contribution is 9.10. The average Bonchev–Trinajstić information content (AvgIpc) is 3.16. The molecule has 0 atom stereocenters. The van der Waals surface area contributed by atoms with Crippen molar-refractivity contribution in [1.29, 1.82) is 0 Å². The van der Waals surface area contributed by atoms with Crippen molar-refractivity contribution < 1.29 is 4.74 Å². The molecule has 124 valence electrons. The number of aromatic nitrogens is 3. The van der Waals surface area contributed by atoms with E-state index in [1.807, 2.05) is 47.2 Å². The number of hydrogen-bond donors (Lipinski definition) is 1. The van der Waals surface area contributed by atoms with Crippen molar-refractivity contribution in [1.82, 2.24) is 14.5 Å². The van der Waals surface area contributed by atoms with E-state index in [1.54, 1.807) is 25.8 Å². The average molecular weight is 395 g/mol. The number of imidazole rings is 1. The quantitative estimate of drug-likeness (QED) is 0.532. The number of methoxy groups -OCH3 is 1. The zero-order valence-electron chi connectivity index (χ0n) is 13.5. The van der Waals surface area contributed by atoms with Crippen LogP contribution in [0.3, 0.4) is 0 Å². The van der Waals surface area contributed by atoms with Crippen molar-refractivity contribution in [3.63, 3.8) is 0 Å². The van der Waals surface area contributed by atoms with E-state index in [0.717, 1.165) is 38.2 Å². The van der Waals surface area contributed by atoms with Crippen molar-refractivity contribution in [2.45, 2.75) is 0 Å². The van der Waals surface area contributed by atoms with Crippen LogP contribution in [0, 0.1) is 0 Å². The van der Waals surface area contributed by atoms with Gasteiger partial charge in [0.15, 0.2) is 0 Å². The molecule has 0 unspecified atom stereocenters. The lowest BCUT2D eigenvalue weighted by molar-refractivity contribution is 0.415. The van der Waals surface area contributed by atoms with Crippen LogP contribution in [0.5, 0.6) is 5.75 Å². The second-order valence-corrected chi connectivity index (χ2v) is 6.45. The Labute approximate surface area is 153 Å². The Balaban J connectivity index is 1.77. The number of nitrogens with zero attached hydrogens (tertiary/aromatic N) is 3. The largest absolute Gasteiger partial charge is 0.497 e. The number of fused-ring (bicyclic) bond motifs is 1. The van der Waals surface area contributed by atoms with Crippen LogP contribution in [0.25, 0.3) is 16.6 Å². The van der Waals surface area contributed by atoms with Gasteiger partial charge in [0.05, 0.1) is 24.6 Å². The predicted molar refractivity (Wildman–Crippen MR) is 103 cm³/mol. The van der Waals surface area contributed by atoms with E-state index in [4.69, 9.17) is 4.74 Å². The lowest BCUT2D eigenvalue weighted by atomic mass is 10.1. The maximum Gasteiger partial charge on any atom is 0.123 e. The lowest BCUT2D eigenvalue weighted by Gasteiger charge is -2.13. The Bertz CT molecular complexity index is 1030. The molecule has 1 N–H and O–H groups in total. The van der Waals surface area contributed by atoms with Gasteiger partial charge in [-0.3, -0.25) is 4.98 Å². The SMILES string of the molecule is COc1cc(Nc2ccnc3cc(Br)ccc23)cc(-n2ccnc2)c1. The first-order chi connectivity index (χ1) is 12.2. The van der Waals surface area contributed by atoms with E-state index < -0.39 is 0 Å². The molecule has 0 amide bonds. The molecule has 6 heteroatoms. The summed E-state index contributed by atoms with van der Waals surface area (Å²) < 4.78 is 8.39. The van der Waals surface area contributed by atoms with Crippen LogP contribution in [0.4, 0.5) is 11.4 Å². The van der Waals surface area contributed by atoms with Crippen molar-refractivity contribution in [3.8, 4) is 11.4 Å². The molecule has 2 aromatic heterocycles. The zero-order valence-corrected chi connectivity index (χ0v) is 15.1. The van der Waals surface area contributed by atoms with Crippen LogP contribution in [0.2, 0.25) is 0 Å². The van der Waals surface area contributed by atoms with Crippen LogP contribution in [0.1, 0.15) is 0 Å². The molecule has 0 fully saturated rings. The molecule has 0 aliphatic carbocycles. The van der Waals surface area contributed by atoms with Gasteiger partial charge in [0.25, 0.3) is 0 Å². The van der Waals surface area contributed by atoms with Gasteiger partial charge in [0.2, 0.25) is 0 Å². The molecule has 0 spiro atoms. The molecule has 2 heterocycles. The number of rotatable bonds is 4. The molecular weight excluding hydrogens is 380 g/mol. The molecule has 25 heavy (non-hydrogen) atoms. The normalized spacial score (nSPS) is 10.8. The smallest absolute Gasteiger partial charge is 0.123 e. The third-order valence-electron chi connectivity index (χ3n) is 3.91. The Morgan fingerprint density at radius 2 is 2.00 bits per heavy atom. The third kappa shape index (κ3) is 3.21. The van der Waals surface area contributed by atoms with Crippen molar-refractivity contribution in [2.75, 3.05) is 12.4 Å². The summed E-state index contributed by atoms with van der Waals surface area (Å²) in [5, 5.41) is 4.53. The second kappa shape index (κ2) is 6.57. The van der Waals surface area contributed by atoms with Gasteiger partial charge in [-0.25, -0.2) is 4.98 Å². The Morgan fingerprint density at radius 1 is 1.08 bits per heavy atom. The predicted octanol–water partition coefficient (Wildman–Crippen LogP) is 4.94. The molecule has 0 saturated heterocycles. The summed E-state index contributed by atoms with van der Waals surface area (Å²) in [5.41, 5.74) is 3.82. The van der Waals surface area contributed by atoms with E-state index in [2.05, 4.69) is 37.3 Å². The van der Waals surface area contributed by atoms with E-state index >= 15 is 0 Å². The lowest BCUT2D eigenvalue weighted by Crippen LogP contribution is -1.97. The van der Waals surface area contributed by atoms with Crippen LogP contribution in [-0.2, 0) is 0 Å². The van der Waals surface area contributed by atoms with Gasteiger partial charge in [0.1, 0.15) is 5.75 Å². The highest BCUT2D eigenvalue weighted by Crippen LogP contribution is 2.30. The van der Waals surface area contributed by atoms with Gasteiger partial charge in [-0.1, -0.05) is 15.9 Å². The highest BCUT2D eigenvalue weighted by atomic mass is 79.9. The van der Waals surface area contributed by atoms with Gasteiger partial charge in [-0.2, -0.15) is 0 Å². The zero-order chi connectivity index (χ0) is 17.2. The van der Waals surface area contributed by atoms with Crippen LogP contribution in [-0.4, -0.2) is 21.6 Å². The summed E-state index contributed by atoms with van der Waals surface area (Å²) in [6.07, 6.45) is 7.21. The van der Waals surface area contributed by atoms with Gasteiger partial charge < -0.3 is 14.6 Å². The fraction of sp³-hybridized carbons (Fsp3) is 0.0526. The van der Waals surface area contributed by atoms with Gasteiger partial charge in [-0.15, -0.1) is 0 Å². The van der Waals surface area contributed by atoms with Crippen LogP contribution < -0.4 is 10.1 Å². The van der Waals surface area contributed by atoms with Crippen LogP contribution in [0.15, 0.2) is 71.9 Å². The number of pyridine rings is 1. The summed E-state index contributed by atoms with van der Waals surface area (Å²) in [6, 6.07) is 14.0. The van der Waals surface area contributed by atoms with Gasteiger partial charge in [0, 0.05) is 52.0 Å². The first kappa shape index (κ1) is 15.7. The monoisotopic (exact) mass is 394 g/mol. The molecule has 4 aromatic rings. The van der Waals surface area contributed by atoms with E-state index in [-0.39, 0.29) is 0 Å². The standard InChI is InChI=1S/C19H15BrN4O/c1-25-16-10-14(9-15(11-16)24-7-6-21-12-24)23-18-4-5-22-19-8-13(20)2-3-17(18)19/h2-12H,1H3,(H,22,23). The summed E-state index contributed by atoms with van der Waals surface area (Å²) in [7, 11) is 1.66. The molecule has 0 radical (unpaired) electrons. The Morgan fingerprint density at radius 3 is 2.80 bits per heavy atom. The first-order valence-electron chi connectivity index (χ1n) is 7.71. The van der Waals surface area contributed by atoms with Gasteiger partial charge in [-0.05, 0) is 30.3 Å². The molecule has 4 rings (SSSR count). The molecule has 0 aliphatic rings. The van der Waals surface area contributed by atoms with E-state index in [0.29, 0.717) is 0 Å². The highest BCUT2D eigenvalue weighted by Gasteiger charge is 2.07. The van der Waals surface area contributed by atoms with Crippen molar-refractivity contribution in [3.05, 3.63) is 71.9 Å². The maximum atomic E-state index is 5.44.